The smallest absolute Gasteiger partial charge is 0.330 e. The Kier molecular flexibility index (Phi) is 15.6. The highest BCUT2D eigenvalue weighted by atomic mass is 31.2. The van der Waals surface area contributed by atoms with Crippen LogP contribution in [0, 0.1) is 0 Å². The summed E-state index contributed by atoms with van der Waals surface area (Å²) >= 11 is 0. The molecule has 1 N–H and O–H groups in total. The number of para-hydroxylation sites is 1. The van der Waals surface area contributed by atoms with E-state index in [0.717, 1.165) is 54.7 Å². The molecule has 0 bridgehead atoms. The highest BCUT2D eigenvalue weighted by molar-refractivity contribution is 7.53. The Morgan fingerprint density at radius 1 is 0.681 bits per heavy atom. The van der Waals surface area contributed by atoms with E-state index in [0.29, 0.717) is 32.5 Å². The van der Waals surface area contributed by atoms with Gasteiger partial charge in [-0.25, -0.2) is 0 Å². The monoisotopic (exact) mass is 657 g/mol. The molecule has 0 radical (unpaired) electrons. The highest BCUT2D eigenvalue weighted by Gasteiger charge is 2.25. The van der Waals surface area contributed by atoms with Crippen molar-refractivity contribution in [2.75, 3.05) is 26.5 Å². The minimum absolute atomic E-state index is 0.0343. The van der Waals surface area contributed by atoms with Crippen LogP contribution < -0.4 is 14.8 Å². The number of amides is 1. The molecule has 4 aromatic carbocycles. The molecule has 2 atom stereocenters. The lowest BCUT2D eigenvalue weighted by Gasteiger charge is -2.23. The first-order chi connectivity index (χ1) is 23.0. The molecule has 0 aromatic heterocycles. The zero-order chi connectivity index (χ0) is 33.0. The average molecular weight is 658 g/mol. The fourth-order valence-corrected chi connectivity index (χ4v) is 6.53. The molecule has 0 aliphatic rings. The van der Waals surface area contributed by atoms with Crippen molar-refractivity contribution in [3.63, 3.8) is 0 Å². The number of aryl methyl sites for hydroxylation is 1. The predicted octanol–water partition coefficient (Wildman–Crippen LogP) is 8.81. The summed E-state index contributed by atoms with van der Waals surface area (Å²) in [5.74, 6) is 1.49. The molecule has 0 spiro atoms. The van der Waals surface area contributed by atoms with Crippen molar-refractivity contribution in [3.05, 3.63) is 132 Å². The van der Waals surface area contributed by atoms with Crippen molar-refractivity contribution in [1.29, 1.82) is 0 Å². The van der Waals surface area contributed by atoms with Crippen molar-refractivity contribution in [2.24, 2.45) is 0 Å². The Balaban J connectivity index is 1.27. The first kappa shape index (κ1) is 35.9. The van der Waals surface area contributed by atoms with Gasteiger partial charge in [0, 0.05) is 13.5 Å². The average Bonchev–Trinajstić information content (AvgIpc) is 3.11. The molecule has 0 aliphatic heterocycles. The third-order valence-electron chi connectivity index (χ3n) is 7.82. The third kappa shape index (κ3) is 14.2. The van der Waals surface area contributed by atoms with Crippen LogP contribution in [0.3, 0.4) is 0 Å². The van der Waals surface area contributed by atoms with Gasteiger partial charge in [0.25, 0.3) is 0 Å². The lowest BCUT2D eigenvalue weighted by atomic mass is 10.0. The number of carbonyl (C=O) groups excluding carboxylic acids is 1. The van der Waals surface area contributed by atoms with Gasteiger partial charge in [-0.05, 0) is 73.1 Å². The number of unbranched alkanes of at least 4 members (excludes halogenated alkanes) is 3. The van der Waals surface area contributed by atoms with Crippen molar-refractivity contribution < 1.29 is 27.9 Å². The molecule has 1 unspecified atom stereocenters. The van der Waals surface area contributed by atoms with Crippen molar-refractivity contribution in [1.82, 2.24) is 5.32 Å². The number of rotatable bonds is 22. The summed E-state index contributed by atoms with van der Waals surface area (Å²) in [6.07, 6.45) is 6.73. The van der Waals surface area contributed by atoms with E-state index in [1.165, 1.54) is 12.7 Å². The van der Waals surface area contributed by atoms with E-state index in [9.17, 15) is 9.36 Å². The van der Waals surface area contributed by atoms with E-state index in [2.05, 4.69) is 29.6 Å². The van der Waals surface area contributed by atoms with Crippen LogP contribution in [0.15, 0.2) is 115 Å². The molecule has 4 aromatic rings. The quantitative estimate of drug-likeness (QED) is 0.0672. The maximum Gasteiger partial charge on any atom is 0.330 e. The molecule has 47 heavy (non-hydrogen) atoms. The number of hydrogen-bond donors (Lipinski definition) is 1. The van der Waals surface area contributed by atoms with Gasteiger partial charge in [-0.3, -0.25) is 9.36 Å². The molecule has 7 nitrogen and oxygen atoms in total. The minimum Gasteiger partial charge on any atom is -0.494 e. The van der Waals surface area contributed by atoms with E-state index in [1.54, 1.807) is 0 Å². The summed E-state index contributed by atoms with van der Waals surface area (Å²) in [6, 6.07) is 37.5. The van der Waals surface area contributed by atoms with Crippen molar-refractivity contribution in [3.8, 4) is 11.5 Å². The topological polar surface area (TPSA) is 83.1 Å². The van der Waals surface area contributed by atoms with Crippen LogP contribution in [0.5, 0.6) is 11.5 Å². The number of carbonyl (C=O) groups is 1. The van der Waals surface area contributed by atoms with Gasteiger partial charge in [-0.15, -0.1) is 0 Å². The van der Waals surface area contributed by atoms with Gasteiger partial charge in [0.2, 0.25) is 5.91 Å². The largest absolute Gasteiger partial charge is 0.494 e. The second kappa shape index (κ2) is 20.4. The molecule has 4 rings (SSSR count). The first-order valence-corrected chi connectivity index (χ1v) is 18.3. The number of benzene rings is 4. The number of ether oxygens (including phenoxy) is 2. The Morgan fingerprint density at radius 2 is 1.30 bits per heavy atom. The fourth-order valence-electron chi connectivity index (χ4n) is 5.19. The van der Waals surface area contributed by atoms with E-state index >= 15 is 0 Å². The Labute approximate surface area is 280 Å². The van der Waals surface area contributed by atoms with Gasteiger partial charge >= 0.3 is 7.60 Å². The fraction of sp³-hybridized carbons (Fsp3) is 0.359. The van der Waals surface area contributed by atoms with Crippen molar-refractivity contribution >= 4 is 13.5 Å². The third-order valence-corrected chi connectivity index (χ3v) is 9.78. The van der Waals surface area contributed by atoms with E-state index < -0.39 is 7.60 Å². The first-order valence-electron chi connectivity index (χ1n) is 16.6. The molecular formula is C39H48NO6P. The SMILES string of the molecule is COP(=O)(CCCOc1ccccc1)OC[C@@H](Cc1ccc(OCc2ccccc2)cc1)NC(=O)CCCCCCc1ccccc1. The summed E-state index contributed by atoms with van der Waals surface area (Å²) in [5.41, 5.74) is 3.46. The molecule has 250 valence electrons. The van der Waals surface area contributed by atoms with Gasteiger partial charge in [0.1, 0.15) is 18.1 Å². The molecule has 0 fully saturated rings. The van der Waals surface area contributed by atoms with Crippen molar-refractivity contribution in [2.45, 2.75) is 64.0 Å². The Morgan fingerprint density at radius 3 is 1.98 bits per heavy atom. The highest BCUT2D eigenvalue weighted by Crippen LogP contribution is 2.48. The zero-order valence-corrected chi connectivity index (χ0v) is 28.3. The summed E-state index contributed by atoms with van der Waals surface area (Å²) in [7, 11) is -1.98. The van der Waals surface area contributed by atoms with Crippen LogP contribution in [0.25, 0.3) is 0 Å². The standard InChI is InChI=1S/C39H48NO6P/c1-43-47(42,29-15-28-44-37-21-12-6-13-22-37)46-32-36(40-39(41)23-14-3-2-7-16-33-17-8-4-9-18-33)30-34-24-26-38(27-25-34)45-31-35-19-10-5-11-20-35/h4-6,8-13,17-22,24-27,36H,2-3,7,14-16,23,28-32H2,1H3,(H,40,41)/t36-,47?/m1/s1. The molecule has 0 saturated heterocycles. The van der Waals surface area contributed by atoms with E-state index in [1.807, 2.05) is 91.0 Å². The maximum atomic E-state index is 13.4. The summed E-state index contributed by atoms with van der Waals surface area (Å²) in [4.78, 5) is 13.0. The van der Waals surface area contributed by atoms with Gasteiger partial charge in [-0.1, -0.05) is 104 Å². The Hall–Kier alpha value is -3.90. The summed E-state index contributed by atoms with van der Waals surface area (Å²) in [5, 5.41) is 3.13. The van der Waals surface area contributed by atoms with Gasteiger partial charge in [0.15, 0.2) is 0 Å². The maximum absolute atomic E-state index is 13.4. The second-order valence-electron chi connectivity index (χ2n) is 11.6. The zero-order valence-electron chi connectivity index (χ0n) is 27.4. The summed E-state index contributed by atoms with van der Waals surface area (Å²) in [6.45, 7) is 0.951. The molecule has 0 saturated carbocycles. The number of nitrogens with one attached hydrogen (secondary N) is 1. The molecule has 0 aliphatic carbocycles. The van der Waals surface area contributed by atoms with Crippen LogP contribution in [0.4, 0.5) is 0 Å². The number of hydrogen-bond acceptors (Lipinski definition) is 6. The molecular weight excluding hydrogens is 609 g/mol. The van der Waals surface area contributed by atoms with Crippen LogP contribution >= 0.6 is 7.60 Å². The van der Waals surface area contributed by atoms with E-state index in [-0.39, 0.29) is 24.7 Å². The molecule has 8 heteroatoms. The van der Waals surface area contributed by atoms with Crippen LogP contribution in [0.1, 0.15) is 55.2 Å². The van der Waals surface area contributed by atoms with E-state index in [4.69, 9.17) is 18.5 Å². The predicted molar refractivity (Wildman–Crippen MR) is 188 cm³/mol. The van der Waals surface area contributed by atoms with Gasteiger partial charge in [0.05, 0.1) is 25.4 Å². The van der Waals surface area contributed by atoms with Gasteiger partial charge in [-0.2, -0.15) is 0 Å². The van der Waals surface area contributed by atoms with Crippen LogP contribution in [-0.4, -0.2) is 38.4 Å². The van der Waals surface area contributed by atoms with Gasteiger partial charge < -0.3 is 23.8 Å². The second-order valence-corrected chi connectivity index (χ2v) is 13.9. The minimum atomic E-state index is -3.38. The lowest BCUT2D eigenvalue weighted by molar-refractivity contribution is -0.122. The molecule has 1 amide bonds. The van der Waals surface area contributed by atoms with Crippen LogP contribution in [0.2, 0.25) is 0 Å². The normalized spacial score (nSPS) is 13.0. The molecule has 0 heterocycles. The van der Waals surface area contributed by atoms with Crippen LogP contribution in [-0.2, 0) is 37.9 Å². The lowest BCUT2D eigenvalue weighted by Crippen LogP contribution is -2.39. The summed E-state index contributed by atoms with van der Waals surface area (Å²) < 4.78 is 36.4. The Bertz CT molecular complexity index is 1470.